The van der Waals surface area contributed by atoms with Crippen molar-refractivity contribution in [2.24, 2.45) is 0 Å². The van der Waals surface area contributed by atoms with E-state index in [1.165, 1.54) is 0 Å². The molecule has 0 aliphatic carbocycles. The average Bonchev–Trinajstić information content (AvgIpc) is 2.23. The number of rotatable bonds is 1. The first kappa shape index (κ1) is 10.6. The molecule has 1 saturated heterocycles. The maximum atomic E-state index is 11.5. The molecule has 1 aliphatic heterocycles. The van der Waals surface area contributed by atoms with Crippen LogP contribution in [-0.2, 0) is 9.63 Å². The molecule has 5 heteroatoms. The Morgan fingerprint density at radius 3 is 2.81 bits per heavy atom. The molecule has 0 saturated carbocycles. The first-order valence-electron chi connectivity index (χ1n) is 4.96. The van der Waals surface area contributed by atoms with Crippen molar-refractivity contribution in [2.75, 3.05) is 5.06 Å². The number of amides is 3. The quantitative estimate of drug-likeness (QED) is 0.777. The van der Waals surface area contributed by atoms with E-state index in [4.69, 9.17) is 4.84 Å². The second-order valence-corrected chi connectivity index (χ2v) is 3.68. The van der Waals surface area contributed by atoms with Crippen LogP contribution in [0.1, 0.15) is 12.5 Å². The number of nitrogens with zero attached hydrogens (tertiary/aromatic N) is 1. The summed E-state index contributed by atoms with van der Waals surface area (Å²) in [6.45, 7) is 3.50. The van der Waals surface area contributed by atoms with Crippen LogP contribution in [0.5, 0.6) is 0 Å². The van der Waals surface area contributed by atoms with Gasteiger partial charge in [-0.15, -0.1) is 0 Å². The molecule has 2 rings (SSSR count). The Bertz CT molecular complexity index is 445. The summed E-state index contributed by atoms with van der Waals surface area (Å²) >= 11 is 0. The fraction of sp³-hybridized carbons (Fsp3) is 0.273. The Morgan fingerprint density at radius 1 is 1.38 bits per heavy atom. The second-order valence-electron chi connectivity index (χ2n) is 3.68. The van der Waals surface area contributed by atoms with E-state index in [2.05, 4.69) is 5.32 Å². The molecule has 0 bridgehead atoms. The number of carbonyl (C=O) groups excluding carboxylic acids is 2. The van der Waals surface area contributed by atoms with Gasteiger partial charge in [0, 0.05) is 0 Å². The predicted octanol–water partition coefficient (Wildman–Crippen LogP) is 1.37. The van der Waals surface area contributed by atoms with E-state index >= 15 is 0 Å². The number of aryl methyl sites for hydroxylation is 1. The van der Waals surface area contributed by atoms with Crippen molar-refractivity contribution in [2.45, 2.75) is 20.0 Å². The summed E-state index contributed by atoms with van der Waals surface area (Å²) < 4.78 is 0. The van der Waals surface area contributed by atoms with Gasteiger partial charge in [0.25, 0.3) is 5.91 Å². The van der Waals surface area contributed by atoms with E-state index in [0.717, 1.165) is 10.6 Å². The van der Waals surface area contributed by atoms with Crippen LogP contribution in [0.4, 0.5) is 10.5 Å². The molecular weight excluding hydrogens is 208 g/mol. The Hall–Kier alpha value is -1.88. The Balaban J connectivity index is 2.27. The third-order valence-corrected chi connectivity index (χ3v) is 2.28. The summed E-state index contributed by atoms with van der Waals surface area (Å²) in [7, 11) is 0. The molecule has 16 heavy (non-hydrogen) atoms. The van der Waals surface area contributed by atoms with Gasteiger partial charge in [-0.05, 0) is 31.5 Å². The van der Waals surface area contributed by atoms with Gasteiger partial charge in [0.05, 0.1) is 5.69 Å². The molecule has 1 aromatic rings. The molecule has 1 aliphatic rings. The van der Waals surface area contributed by atoms with Gasteiger partial charge in [0.2, 0.25) is 0 Å². The lowest BCUT2D eigenvalue weighted by Crippen LogP contribution is -2.54. The number of hydrogen-bond donors (Lipinski definition) is 1. The smallest absolute Gasteiger partial charge is 0.273 e. The average molecular weight is 220 g/mol. The van der Waals surface area contributed by atoms with Crippen LogP contribution in [0.25, 0.3) is 0 Å². The summed E-state index contributed by atoms with van der Waals surface area (Å²) in [5.74, 6) is -0.422. The van der Waals surface area contributed by atoms with Gasteiger partial charge in [-0.3, -0.25) is 14.9 Å². The van der Waals surface area contributed by atoms with Crippen LogP contribution in [0.3, 0.4) is 0 Å². The van der Waals surface area contributed by atoms with Crippen LogP contribution in [0.15, 0.2) is 24.3 Å². The highest BCUT2D eigenvalue weighted by Crippen LogP contribution is 2.19. The minimum absolute atomic E-state index is 0.422. The predicted molar refractivity (Wildman–Crippen MR) is 57.7 cm³/mol. The SMILES string of the molecule is Cc1cccc(N2O[C@@H](C)C(=O)NC2=O)c1. The molecule has 1 heterocycles. The van der Waals surface area contributed by atoms with Gasteiger partial charge >= 0.3 is 6.03 Å². The second kappa shape index (κ2) is 3.94. The molecule has 3 amide bonds. The Morgan fingerprint density at radius 2 is 2.12 bits per heavy atom. The summed E-state index contributed by atoms with van der Waals surface area (Å²) in [6, 6.07) is 6.73. The van der Waals surface area contributed by atoms with E-state index in [1.807, 2.05) is 25.1 Å². The van der Waals surface area contributed by atoms with Crippen molar-refractivity contribution in [1.29, 1.82) is 0 Å². The van der Waals surface area contributed by atoms with Gasteiger partial charge in [0.1, 0.15) is 0 Å². The highest BCUT2D eigenvalue weighted by atomic mass is 16.7. The van der Waals surface area contributed by atoms with Crippen LogP contribution >= 0.6 is 0 Å². The number of urea groups is 1. The highest BCUT2D eigenvalue weighted by molar-refractivity contribution is 6.04. The summed E-state index contributed by atoms with van der Waals surface area (Å²) in [6.07, 6.45) is -0.668. The Labute approximate surface area is 93.0 Å². The van der Waals surface area contributed by atoms with Gasteiger partial charge in [-0.2, -0.15) is 5.06 Å². The third kappa shape index (κ3) is 1.90. The minimum atomic E-state index is -0.668. The van der Waals surface area contributed by atoms with Crippen LogP contribution < -0.4 is 10.4 Å². The fourth-order valence-corrected chi connectivity index (χ4v) is 1.44. The number of anilines is 1. The lowest BCUT2D eigenvalue weighted by molar-refractivity contribution is -0.133. The van der Waals surface area contributed by atoms with E-state index in [0.29, 0.717) is 5.69 Å². The number of hydroxylamine groups is 1. The molecule has 0 radical (unpaired) electrons. The summed E-state index contributed by atoms with van der Waals surface area (Å²) in [5, 5.41) is 3.32. The molecule has 1 atom stereocenters. The number of imide groups is 1. The molecule has 1 fully saturated rings. The van der Waals surface area contributed by atoms with Crippen molar-refractivity contribution in [1.82, 2.24) is 5.32 Å². The monoisotopic (exact) mass is 220 g/mol. The highest BCUT2D eigenvalue weighted by Gasteiger charge is 2.31. The van der Waals surface area contributed by atoms with Gasteiger partial charge in [-0.25, -0.2) is 4.79 Å². The topological polar surface area (TPSA) is 58.6 Å². The summed E-state index contributed by atoms with van der Waals surface area (Å²) in [4.78, 5) is 27.9. The van der Waals surface area contributed by atoms with Crippen molar-refractivity contribution in [3.63, 3.8) is 0 Å². The van der Waals surface area contributed by atoms with Crippen LogP contribution in [0.2, 0.25) is 0 Å². The molecule has 1 aromatic carbocycles. The molecular formula is C11H12N2O3. The Kier molecular flexibility index (Phi) is 2.62. The van der Waals surface area contributed by atoms with Gasteiger partial charge in [-0.1, -0.05) is 12.1 Å². The van der Waals surface area contributed by atoms with Crippen molar-refractivity contribution in [3.8, 4) is 0 Å². The first-order chi connectivity index (χ1) is 7.58. The molecule has 0 aromatic heterocycles. The number of carbonyl (C=O) groups is 2. The molecule has 5 nitrogen and oxygen atoms in total. The standard InChI is InChI=1S/C11H12N2O3/c1-7-4-3-5-9(6-7)13-11(15)12-10(14)8(2)16-13/h3-6,8H,1-2H3,(H,12,14,15)/t8-/m0/s1. The number of hydrogen-bond acceptors (Lipinski definition) is 3. The van der Waals surface area contributed by atoms with Crippen molar-refractivity contribution in [3.05, 3.63) is 29.8 Å². The number of benzene rings is 1. The van der Waals surface area contributed by atoms with Crippen LogP contribution in [-0.4, -0.2) is 18.0 Å². The third-order valence-electron chi connectivity index (χ3n) is 2.28. The number of nitrogens with one attached hydrogen (secondary N) is 1. The molecule has 84 valence electrons. The van der Waals surface area contributed by atoms with Gasteiger partial charge in [0.15, 0.2) is 6.10 Å². The van der Waals surface area contributed by atoms with Crippen LogP contribution in [0, 0.1) is 6.92 Å². The van der Waals surface area contributed by atoms with Crippen molar-refractivity contribution < 1.29 is 14.4 Å². The summed E-state index contributed by atoms with van der Waals surface area (Å²) in [5.41, 5.74) is 1.62. The minimum Gasteiger partial charge on any atom is -0.273 e. The zero-order valence-electron chi connectivity index (χ0n) is 9.06. The lowest BCUT2D eigenvalue weighted by atomic mass is 10.2. The van der Waals surface area contributed by atoms with Gasteiger partial charge < -0.3 is 0 Å². The molecule has 0 spiro atoms. The molecule has 0 unspecified atom stereocenters. The largest absolute Gasteiger partial charge is 0.352 e. The van der Waals surface area contributed by atoms with E-state index in [9.17, 15) is 9.59 Å². The maximum absolute atomic E-state index is 11.5. The first-order valence-corrected chi connectivity index (χ1v) is 4.96. The molecule has 1 N–H and O–H groups in total. The van der Waals surface area contributed by atoms with Crippen molar-refractivity contribution >= 4 is 17.6 Å². The zero-order valence-corrected chi connectivity index (χ0v) is 9.06. The van der Waals surface area contributed by atoms with E-state index in [-0.39, 0.29) is 0 Å². The normalized spacial score (nSPS) is 20.9. The maximum Gasteiger partial charge on any atom is 0.352 e. The van der Waals surface area contributed by atoms with E-state index in [1.54, 1.807) is 13.0 Å². The fourth-order valence-electron chi connectivity index (χ4n) is 1.44. The zero-order chi connectivity index (χ0) is 11.7. The lowest BCUT2D eigenvalue weighted by Gasteiger charge is -2.29. The van der Waals surface area contributed by atoms with E-state index < -0.39 is 18.0 Å².